The minimum absolute atomic E-state index is 0.341. The molecule has 0 aromatic heterocycles. The fourth-order valence-electron chi connectivity index (χ4n) is 3.04. The first-order chi connectivity index (χ1) is 10.3. The maximum absolute atomic E-state index is 8.86. The van der Waals surface area contributed by atoms with Crippen LogP contribution in [0.1, 0.15) is 35.6 Å². The van der Waals surface area contributed by atoms with Crippen LogP contribution in [0.25, 0.3) is 0 Å². The van der Waals surface area contributed by atoms with Crippen molar-refractivity contribution in [1.29, 1.82) is 5.26 Å². The molecule has 0 saturated heterocycles. The van der Waals surface area contributed by atoms with Crippen molar-refractivity contribution in [3.05, 3.63) is 59.2 Å². The van der Waals surface area contributed by atoms with Gasteiger partial charge < -0.3 is 11.1 Å². The number of benzene rings is 2. The van der Waals surface area contributed by atoms with E-state index in [0.29, 0.717) is 18.2 Å². The van der Waals surface area contributed by atoms with E-state index in [4.69, 9.17) is 11.0 Å². The van der Waals surface area contributed by atoms with Gasteiger partial charge in [0.2, 0.25) is 0 Å². The molecule has 0 spiro atoms. The molecular weight excluding hydrogens is 258 g/mol. The molecule has 106 valence electrons. The summed E-state index contributed by atoms with van der Waals surface area (Å²) in [5.74, 6) is 0. The largest absolute Gasteiger partial charge is 0.398 e. The molecule has 0 aliphatic heterocycles. The second-order valence-corrected chi connectivity index (χ2v) is 5.54. The van der Waals surface area contributed by atoms with Crippen molar-refractivity contribution in [2.75, 3.05) is 11.1 Å². The fraction of sp³-hybridized carbons (Fsp3) is 0.278. The van der Waals surface area contributed by atoms with Gasteiger partial charge in [-0.25, -0.2) is 0 Å². The van der Waals surface area contributed by atoms with Gasteiger partial charge in [-0.2, -0.15) is 5.26 Å². The van der Waals surface area contributed by atoms with Gasteiger partial charge in [0.05, 0.1) is 18.5 Å². The Hall–Kier alpha value is -2.47. The van der Waals surface area contributed by atoms with Gasteiger partial charge in [0, 0.05) is 11.4 Å². The number of hydrogen-bond acceptors (Lipinski definition) is 3. The van der Waals surface area contributed by atoms with Crippen molar-refractivity contribution in [3.63, 3.8) is 0 Å². The normalized spacial score (nSPS) is 16.8. The van der Waals surface area contributed by atoms with E-state index < -0.39 is 0 Å². The van der Waals surface area contributed by atoms with Gasteiger partial charge in [-0.05, 0) is 54.2 Å². The highest BCUT2D eigenvalue weighted by Gasteiger charge is 2.19. The fourth-order valence-corrected chi connectivity index (χ4v) is 3.04. The third-order valence-electron chi connectivity index (χ3n) is 4.12. The monoisotopic (exact) mass is 277 g/mol. The average molecular weight is 277 g/mol. The number of anilines is 2. The molecule has 0 bridgehead atoms. The first-order valence-corrected chi connectivity index (χ1v) is 7.37. The summed E-state index contributed by atoms with van der Waals surface area (Å²) in [6.45, 7) is 0. The molecule has 3 N–H and O–H groups in total. The number of nitrogens with one attached hydrogen (secondary N) is 1. The zero-order valence-corrected chi connectivity index (χ0v) is 12.0. The van der Waals surface area contributed by atoms with Gasteiger partial charge >= 0.3 is 0 Å². The summed E-state index contributed by atoms with van der Waals surface area (Å²) in [5, 5.41) is 12.5. The van der Waals surface area contributed by atoms with Crippen molar-refractivity contribution in [3.8, 4) is 6.07 Å². The molecule has 1 unspecified atom stereocenters. The predicted octanol–water partition coefficient (Wildman–Crippen LogP) is 3.82. The van der Waals surface area contributed by atoms with Crippen LogP contribution in [0.3, 0.4) is 0 Å². The highest BCUT2D eigenvalue weighted by Crippen LogP contribution is 2.33. The Morgan fingerprint density at radius 2 is 2.10 bits per heavy atom. The van der Waals surface area contributed by atoms with Crippen LogP contribution >= 0.6 is 0 Å². The number of nitriles is 1. The van der Waals surface area contributed by atoms with Gasteiger partial charge in [-0.3, -0.25) is 0 Å². The summed E-state index contributed by atoms with van der Waals surface area (Å²) in [5.41, 5.74) is 11.4. The molecule has 2 aromatic rings. The number of rotatable bonds is 3. The van der Waals surface area contributed by atoms with Gasteiger partial charge in [0.1, 0.15) is 0 Å². The minimum atomic E-state index is 0.341. The molecule has 1 aliphatic rings. The molecule has 0 fully saturated rings. The van der Waals surface area contributed by atoms with Crippen molar-refractivity contribution >= 4 is 11.4 Å². The lowest BCUT2D eigenvalue weighted by Gasteiger charge is -2.27. The van der Waals surface area contributed by atoms with Crippen LogP contribution in [0.15, 0.2) is 42.5 Å². The second kappa shape index (κ2) is 5.88. The molecule has 3 heteroatoms. The van der Waals surface area contributed by atoms with Crippen LogP contribution in [-0.4, -0.2) is 0 Å². The van der Waals surface area contributed by atoms with E-state index in [2.05, 4.69) is 35.7 Å². The lowest BCUT2D eigenvalue weighted by Crippen LogP contribution is -2.17. The smallest absolute Gasteiger partial charge is 0.0670 e. The predicted molar refractivity (Wildman–Crippen MR) is 85.9 cm³/mol. The third-order valence-corrected chi connectivity index (χ3v) is 4.12. The van der Waals surface area contributed by atoms with Gasteiger partial charge in [-0.15, -0.1) is 0 Å². The van der Waals surface area contributed by atoms with Crippen molar-refractivity contribution in [1.82, 2.24) is 0 Å². The molecule has 3 rings (SSSR count). The number of nitrogens with two attached hydrogens (primary N) is 1. The minimum Gasteiger partial charge on any atom is -0.398 e. The van der Waals surface area contributed by atoms with Gasteiger partial charge in [0.25, 0.3) is 0 Å². The highest BCUT2D eigenvalue weighted by atomic mass is 14.9. The van der Waals surface area contributed by atoms with E-state index in [9.17, 15) is 0 Å². The highest BCUT2D eigenvalue weighted by molar-refractivity contribution is 5.59. The zero-order chi connectivity index (χ0) is 14.7. The molecule has 3 nitrogen and oxygen atoms in total. The second-order valence-electron chi connectivity index (χ2n) is 5.54. The number of nitrogen functional groups attached to an aromatic ring is 1. The molecule has 0 amide bonds. The quantitative estimate of drug-likeness (QED) is 0.838. The average Bonchev–Trinajstić information content (AvgIpc) is 2.51. The van der Waals surface area contributed by atoms with E-state index in [0.717, 1.165) is 24.1 Å². The first-order valence-electron chi connectivity index (χ1n) is 7.37. The molecular formula is C18H19N3. The zero-order valence-electron chi connectivity index (χ0n) is 12.0. The topological polar surface area (TPSA) is 61.8 Å². The van der Waals surface area contributed by atoms with Crippen molar-refractivity contribution in [2.45, 2.75) is 31.7 Å². The Kier molecular flexibility index (Phi) is 3.79. The summed E-state index contributed by atoms with van der Waals surface area (Å²) in [6, 6.07) is 17.0. The summed E-state index contributed by atoms with van der Waals surface area (Å²) < 4.78 is 0. The van der Waals surface area contributed by atoms with Gasteiger partial charge in [0.15, 0.2) is 0 Å². The number of nitrogens with zero attached hydrogens (tertiary/aromatic N) is 1. The lowest BCUT2D eigenvalue weighted by molar-refractivity contribution is 0.600. The Bertz CT molecular complexity index is 685. The molecule has 0 saturated carbocycles. The maximum Gasteiger partial charge on any atom is 0.0670 e. The van der Waals surface area contributed by atoms with Crippen LogP contribution in [0.2, 0.25) is 0 Å². The summed E-state index contributed by atoms with van der Waals surface area (Å²) in [7, 11) is 0. The molecule has 0 radical (unpaired) electrons. The van der Waals surface area contributed by atoms with E-state index in [-0.39, 0.29) is 0 Å². The maximum atomic E-state index is 8.86. The summed E-state index contributed by atoms with van der Waals surface area (Å²) in [6.07, 6.45) is 3.85. The van der Waals surface area contributed by atoms with Crippen LogP contribution in [0, 0.1) is 11.3 Å². The molecule has 0 heterocycles. The van der Waals surface area contributed by atoms with Crippen LogP contribution < -0.4 is 11.1 Å². The standard InChI is InChI=1S/C18H19N3/c19-11-10-14-12-15(8-9-17(14)20)21-18-7-3-5-13-4-1-2-6-16(13)18/h1-2,4,6,8-9,12,18,21H,3,5,7,10,20H2. The van der Waals surface area contributed by atoms with Crippen LogP contribution in [-0.2, 0) is 12.8 Å². The van der Waals surface area contributed by atoms with E-state index in [1.807, 2.05) is 18.2 Å². The van der Waals surface area contributed by atoms with E-state index in [1.165, 1.54) is 17.5 Å². The van der Waals surface area contributed by atoms with Crippen LogP contribution in [0.4, 0.5) is 11.4 Å². The third kappa shape index (κ3) is 2.85. The lowest BCUT2D eigenvalue weighted by atomic mass is 9.87. The number of aryl methyl sites for hydroxylation is 1. The Morgan fingerprint density at radius 1 is 1.24 bits per heavy atom. The molecule has 2 aromatic carbocycles. The SMILES string of the molecule is N#CCc1cc(NC2CCCc3ccccc32)ccc1N. The van der Waals surface area contributed by atoms with Crippen molar-refractivity contribution in [2.24, 2.45) is 0 Å². The van der Waals surface area contributed by atoms with Crippen molar-refractivity contribution < 1.29 is 0 Å². The van der Waals surface area contributed by atoms with Gasteiger partial charge in [-0.1, -0.05) is 24.3 Å². The van der Waals surface area contributed by atoms with E-state index >= 15 is 0 Å². The molecule has 1 atom stereocenters. The first kappa shape index (κ1) is 13.5. The Morgan fingerprint density at radius 3 is 2.95 bits per heavy atom. The summed E-state index contributed by atoms with van der Waals surface area (Å²) in [4.78, 5) is 0. The van der Waals surface area contributed by atoms with E-state index in [1.54, 1.807) is 0 Å². The van der Waals surface area contributed by atoms with Crippen LogP contribution in [0.5, 0.6) is 0 Å². The number of hydrogen-bond donors (Lipinski definition) is 2. The molecule has 21 heavy (non-hydrogen) atoms. The Balaban J connectivity index is 1.85. The molecule has 1 aliphatic carbocycles. The summed E-state index contributed by atoms with van der Waals surface area (Å²) >= 11 is 0. The Labute approximate surface area is 125 Å². The number of fused-ring (bicyclic) bond motifs is 1.